The molecule has 0 bridgehead atoms. The summed E-state index contributed by atoms with van der Waals surface area (Å²) in [6.45, 7) is 9.12. The Morgan fingerprint density at radius 2 is 0.875 bits per heavy atom. The molecule has 5 nitrogen and oxygen atoms in total. The van der Waals surface area contributed by atoms with Gasteiger partial charge >= 0.3 is 5.97 Å². The summed E-state index contributed by atoms with van der Waals surface area (Å²) in [5.74, 6) is 0.573. The molecular formula is C42H82O5P+. The highest BCUT2D eigenvalue weighted by Crippen LogP contribution is 2.69. The van der Waals surface area contributed by atoms with E-state index in [1.165, 1.54) is 173 Å². The van der Waals surface area contributed by atoms with E-state index in [2.05, 4.69) is 20.4 Å². The molecule has 48 heavy (non-hydrogen) atoms. The summed E-state index contributed by atoms with van der Waals surface area (Å²) in [5, 5.41) is 0. The zero-order chi connectivity index (χ0) is 34.8. The van der Waals surface area contributed by atoms with Gasteiger partial charge in [0.2, 0.25) is 0 Å². The Kier molecular flexibility index (Phi) is 31.7. The van der Waals surface area contributed by atoms with Gasteiger partial charge in [0.15, 0.2) is 18.4 Å². The molecule has 1 atom stereocenters. The molecule has 1 fully saturated rings. The van der Waals surface area contributed by atoms with E-state index in [1.54, 1.807) is 0 Å². The average molecular weight is 698 g/mol. The fraction of sp³-hybridized carbons (Fsp3) is 0.929. The minimum atomic E-state index is -2.16. The molecule has 1 N–H and O–H groups in total. The second kappa shape index (κ2) is 33.5. The van der Waals surface area contributed by atoms with Crippen LogP contribution in [0.15, 0.2) is 12.3 Å². The standard InChI is InChI=1S/C42H82O5P/c1-4-6-8-10-12-14-16-18-20-22-24-26-28-30-32-34-40(3)47-41(39-46-48(44)36-37-48)38-45-42(43)35-33-31-29-27-25-23-21-19-17-15-13-11-9-7-5-2/h41,44H,3-39H2,1-2H3/q+1. The van der Waals surface area contributed by atoms with Crippen LogP contribution in [-0.4, -0.2) is 42.5 Å². The molecule has 0 aromatic rings. The summed E-state index contributed by atoms with van der Waals surface area (Å²) in [5.41, 5.74) is 0. The lowest BCUT2D eigenvalue weighted by Gasteiger charge is -2.20. The number of carbonyl (C=O) groups excluding carboxylic acids is 1. The van der Waals surface area contributed by atoms with Gasteiger partial charge in [-0.05, 0) is 12.8 Å². The molecule has 0 amide bonds. The molecule has 1 aliphatic rings. The first kappa shape index (κ1) is 45.4. The van der Waals surface area contributed by atoms with E-state index in [0.717, 1.165) is 43.8 Å². The van der Waals surface area contributed by atoms with Crippen LogP contribution in [0.2, 0.25) is 0 Å². The van der Waals surface area contributed by atoms with Gasteiger partial charge in [0.05, 0.1) is 5.76 Å². The van der Waals surface area contributed by atoms with Gasteiger partial charge in [-0.3, -0.25) is 4.79 Å². The number of hydrogen-bond donors (Lipinski definition) is 1. The van der Waals surface area contributed by atoms with Crippen LogP contribution in [0.4, 0.5) is 0 Å². The predicted octanol–water partition coefficient (Wildman–Crippen LogP) is 13.8. The third-order valence-corrected chi connectivity index (χ3v) is 11.8. The van der Waals surface area contributed by atoms with Crippen molar-refractivity contribution in [2.75, 3.05) is 25.5 Å². The van der Waals surface area contributed by atoms with Crippen molar-refractivity contribution in [1.29, 1.82) is 0 Å². The molecule has 1 saturated heterocycles. The largest absolute Gasteiger partial charge is 0.489 e. The summed E-state index contributed by atoms with van der Waals surface area (Å²) >= 11 is 0. The Morgan fingerprint density at radius 1 is 0.542 bits per heavy atom. The van der Waals surface area contributed by atoms with E-state index in [1.807, 2.05) is 0 Å². The number of ether oxygens (including phenoxy) is 2. The maximum absolute atomic E-state index is 12.4. The van der Waals surface area contributed by atoms with Crippen molar-refractivity contribution in [1.82, 2.24) is 0 Å². The molecule has 1 unspecified atom stereocenters. The fourth-order valence-electron chi connectivity index (χ4n) is 6.44. The highest BCUT2D eigenvalue weighted by Gasteiger charge is 2.55. The lowest BCUT2D eigenvalue weighted by atomic mass is 10.0. The van der Waals surface area contributed by atoms with Crippen LogP contribution in [0.25, 0.3) is 0 Å². The molecule has 0 radical (unpaired) electrons. The summed E-state index contributed by atoms with van der Waals surface area (Å²) < 4.78 is 17.4. The quantitative estimate of drug-likeness (QED) is 0.0300. The van der Waals surface area contributed by atoms with E-state index >= 15 is 0 Å². The second-order valence-electron chi connectivity index (χ2n) is 15.0. The first-order chi connectivity index (χ1) is 23.5. The monoisotopic (exact) mass is 698 g/mol. The Labute approximate surface area is 300 Å². The number of unbranched alkanes of at least 4 members (excludes halogenated alkanes) is 28. The van der Waals surface area contributed by atoms with Crippen molar-refractivity contribution < 1.29 is 23.7 Å². The van der Waals surface area contributed by atoms with Crippen molar-refractivity contribution in [3.63, 3.8) is 0 Å². The molecule has 0 aromatic carbocycles. The van der Waals surface area contributed by atoms with Crippen LogP contribution in [0.3, 0.4) is 0 Å². The lowest BCUT2D eigenvalue weighted by Crippen LogP contribution is -2.26. The summed E-state index contributed by atoms with van der Waals surface area (Å²) in [6.07, 6.45) is 42.3. The molecule has 0 saturated carbocycles. The summed E-state index contributed by atoms with van der Waals surface area (Å²) in [7, 11) is -2.16. The molecule has 1 aliphatic heterocycles. The molecular weight excluding hydrogens is 615 g/mol. The highest BCUT2D eigenvalue weighted by atomic mass is 31.2. The molecule has 6 heteroatoms. The van der Waals surface area contributed by atoms with E-state index < -0.39 is 13.8 Å². The second-order valence-corrected chi connectivity index (χ2v) is 17.8. The van der Waals surface area contributed by atoms with Gasteiger partial charge in [0.1, 0.15) is 13.2 Å². The third-order valence-electron chi connectivity index (χ3n) is 9.91. The molecule has 0 aliphatic carbocycles. The predicted molar refractivity (Wildman–Crippen MR) is 209 cm³/mol. The number of esters is 1. The SMILES string of the molecule is C=C(CCCCCCCCCCCCCCCCC)OC(COC(=O)CCCCCCCCCCCCCCCCC)CO[P+]1(O)CC1. The number of carbonyl (C=O) groups is 1. The van der Waals surface area contributed by atoms with Crippen molar-refractivity contribution in [3.8, 4) is 0 Å². The number of hydrogen-bond acceptors (Lipinski definition) is 5. The van der Waals surface area contributed by atoms with Gasteiger partial charge in [-0.2, -0.15) is 0 Å². The van der Waals surface area contributed by atoms with Gasteiger partial charge in [-0.25, -0.2) is 9.42 Å². The molecule has 1 heterocycles. The van der Waals surface area contributed by atoms with E-state index in [0.29, 0.717) is 6.42 Å². The fourth-order valence-corrected chi connectivity index (χ4v) is 7.83. The van der Waals surface area contributed by atoms with Gasteiger partial charge in [-0.15, -0.1) is 0 Å². The van der Waals surface area contributed by atoms with Gasteiger partial charge < -0.3 is 9.47 Å². The van der Waals surface area contributed by atoms with Crippen LogP contribution in [0.1, 0.15) is 219 Å². The van der Waals surface area contributed by atoms with E-state index in [4.69, 9.17) is 14.0 Å². The maximum Gasteiger partial charge on any atom is 0.305 e. The number of allylic oxidation sites excluding steroid dienone is 1. The first-order valence-corrected chi connectivity index (χ1v) is 23.3. The van der Waals surface area contributed by atoms with Gasteiger partial charge in [0, 0.05) is 12.8 Å². The molecule has 284 valence electrons. The average Bonchev–Trinajstić information content (AvgIpc) is 3.82. The first-order valence-electron chi connectivity index (χ1n) is 21.2. The van der Waals surface area contributed by atoms with Gasteiger partial charge in [-0.1, -0.05) is 200 Å². The van der Waals surface area contributed by atoms with Crippen LogP contribution >= 0.6 is 7.72 Å². The summed E-state index contributed by atoms with van der Waals surface area (Å²) in [6, 6.07) is 0. The molecule has 0 aromatic heterocycles. The van der Waals surface area contributed by atoms with Crippen LogP contribution in [-0.2, 0) is 18.8 Å². The van der Waals surface area contributed by atoms with Gasteiger partial charge in [0.25, 0.3) is 7.72 Å². The minimum absolute atomic E-state index is 0.161. The van der Waals surface area contributed by atoms with Crippen molar-refractivity contribution in [2.24, 2.45) is 0 Å². The minimum Gasteiger partial charge on any atom is -0.489 e. The van der Waals surface area contributed by atoms with Crippen LogP contribution in [0, 0.1) is 0 Å². The van der Waals surface area contributed by atoms with E-state index in [9.17, 15) is 9.69 Å². The Bertz CT molecular complexity index is 725. The van der Waals surface area contributed by atoms with Crippen molar-refractivity contribution >= 4 is 13.7 Å². The number of rotatable bonds is 39. The van der Waals surface area contributed by atoms with E-state index in [-0.39, 0.29) is 19.2 Å². The molecule has 1 rings (SSSR count). The highest BCUT2D eigenvalue weighted by molar-refractivity contribution is 7.72. The van der Waals surface area contributed by atoms with Crippen LogP contribution in [0.5, 0.6) is 0 Å². The third kappa shape index (κ3) is 31.3. The summed E-state index contributed by atoms with van der Waals surface area (Å²) in [4.78, 5) is 22.7. The molecule has 0 spiro atoms. The topological polar surface area (TPSA) is 65.0 Å². The smallest absolute Gasteiger partial charge is 0.305 e. The zero-order valence-corrected chi connectivity index (χ0v) is 33.2. The maximum atomic E-state index is 12.4. The Morgan fingerprint density at radius 3 is 1.23 bits per heavy atom. The Balaban J connectivity index is 2.02. The van der Waals surface area contributed by atoms with Crippen molar-refractivity contribution in [3.05, 3.63) is 12.3 Å². The zero-order valence-electron chi connectivity index (χ0n) is 32.3. The van der Waals surface area contributed by atoms with Crippen molar-refractivity contribution in [2.45, 2.75) is 225 Å². The van der Waals surface area contributed by atoms with Crippen LogP contribution < -0.4 is 0 Å². The lowest BCUT2D eigenvalue weighted by molar-refractivity contribution is -0.147. The Hall–Kier alpha value is -0.640. The normalized spacial score (nSPS) is 14.2.